The Bertz CT molecular complexity index is 906. The van der Waals surface area contributed by atoms with Gasteiger partial charge in [-0.2, -0.15) is 0 Å². The number of rotatable bonds is 8. The van der Waals surface area contributed by atoms with Crippen molar-refractivity contribution < 1.29 is 28.7 Å². The highest BCUT2D eigenvalue weighted by Crippen LogP contribution is 2.14. The standard InChI is InChI=1S/C21H22N2O6/c1-14(24)16-5-4-6-18(11-16)28-13-20(26)29-12-19(25)22-17-9-7-15(8-10-17)21(27)23(2)3/h4-11H,12-13H2,1-3H3,(H,22,25). The maximum absolute atomic E-state index is 11.9. The molecule has 0 fully saturated rings. The van der Waals surface area contributed by atoms with Crippen LogP contribution < -0.4 is 10.1 Å². The SMILES string of the molecule is CC(=O)c1cccc(OCC(=O)OCC(=O)Nc2ccc(C(=O)N(C)C)cc2)c1. The van der Waals surface area contributed by atoms with E-state index in [1.165, 1.54) is 17.9 Å². The van der Waals surface area contributed by atoms with Gasteiger partial charge < -0.3 is 19.7 Å². The summed E-state index contributed by atoms with van der Waals surface area (Å²) in [6.07, 6.45) is 0. The van der Waals surface area contributed by atoms with Crippen LogP contribution in [-0.2, 0) is 14.3 Å². The Labute approximate surface area is 168 Å². The number of hydrogen-bond acceptors (Lipinski definition) is 6. The van der Waals surface area contributed by atoms with E-state index in [2.05, 4.69) is 5.32 Å². The van der Waals surface area contributed by atoms with Crippen LogP contribution in [-0.4, -0.2) is 55.8 Å². The van der Waals surface area contributed by atoms with Crippen LogP contribution in [0.15, 0.2) is 48.5 Å². The minimum Gasteiger partial charge on any atom is -0.482 e. The summed E-state index contributed by atoms with van der Waals surface area (Å²) in [5.74, 6) is -1.16. The first-order valence-corrected chi connectivity index (χ1v) is 8.77. The van der Waals surface area contributed by atoms with Crippen molar-refractivity contribution in [2.75, 3.05) is 32.6 Å². The number of ether oxygens (including phenoxy) is 2. The van der Waals surface area contributed by atoms with Gasteiger partial charge in [-0.25, -0.2) is 4.79 Å². The quantitative estimate of drug-likeness (QED) is 0.540. The molecule has 0 bridgehead atoms. The van der Waals surface area contributed by atoms with E-state index >= 15 is 0 Å². The topological polar surface area (TPSA) is 102 Å². The van der Waals surface area contributed by atoms with Gasteiger partial charge in [0.2, 0.25) is 0 Å². The highest BCUT2D eigenvalue weighted by Gasteiger charge is 2.11. The van der Waals surface area contributed by atoms with Crippen LogP contribution >= 0.6 is 0 Å². The van der Waals surface area contributed by atoms with Crippen LogP contribution in [0.25, 0.3) is 0 Å². The zero-order valence-electron chi connectivity index (χ0n) is 16.4. The Morgan fingerprint density at radius 3 is 2.24 bits per heavy atom. The first-order valence-electron chi connectivity index (χ1n) is 8.77. The number of benzene rings is 2. The van der Waals surface area contributed by atoms with Crippen molar-refractivity contribution in [1.82, 2.24) is 4.90 Å². The Morgan fingerprint density at radius 2 is 1.62 bits per heavy atom. The van der Waals surface area contributed by atoms with Gasteiger partial charge in [-0.05, 0) is 43.3 Å². The fourth-order valence-electron chi connectivity index (χ4n) is 2.29. The van der Waals surface area contributed by atoms with Gasteiger partial charge in [0.05, 0.1) is 0 Å². The first-order chi connectivity index (χ1) is 13.8. The molecule has 2 aromatic carbocycles. The summed E-state index contributed by atoms with van der Waals surface area (Å²) < 4.78 is 10.1. The lowest BCUT2D eigenvalue weighted by molar-refractivity contribution is -0.149. The van der Waals surface area contributed by atoms with E-state index in [1.54, 1.807) is 56.6 Å². The van der Waals surface area contributed by atoms with Gasteiger partial charge >= 0.3 is 5.97 Å². The minimum absolute atomic E-state index is 0.117. The zero-order valence-corrected chi connectivity index (χ0v) is 16.4. The van der Waals surface area contributed by atoms with Crippen molar-refractivity contribution >= 4 is 29.3 Å². The Balaban J connectivity index is 1.77. The fourth-order valence-corrected chi connectivity index (χ4v) is 2.29. The number of amides is 2. The molecule has 0 aliphatic heterocycles. The van der Waals surface area contributed by atoms with E-state index in [1.807, 2.05) is 0 Å². The molecule has 0 spiro atoms. The third-order valence-electron chi connectivity index (χ3n) is 3.78. The lowest BCUT2D eigenvalue weighted by Gasteiger charge is -2.11. The van der Waals surface area contributed by atoms with Crippen LogP contribution in [0.3, 0.4) is 0 Å². The van der Waals surface area contributed by atoms with Gasteiger partial charge in [-0.1, -0.05) is 12.1 Å². The summed E-state index contributed by atoms with van der Waals surface area (Å²) in [7, 11) is 3.30. The van der Waals surface area contributed by atoms with Gasteiger partial charge in [0.15, 0.2) is 19.0 Å². The number of carbonyl (C=O) groups is 4. The van der Waals surface area contributed by atoms with Crippen molar-refractivity contribution in [3.05, 3.63) is 59.7 Å². The maximum Gasteiger partial charge on any atom is 0.344 e. The van der Waals surface area contributed by atoms with Gasteiger partial charge in [0.25, 0.3) is 11.8 Å². The third-order valence-corrected chi connectivity index (χ3v) is 3.78. The second kappa shape index (κ2) is 10.0. The molecular weight excluding hydrogens is 376 g/mol. The summed E-state index contributed by atoms with van der Waals surface area (Å²) in [6.45, 7) is 0.559. The second-order valence-electron chi connectivity index (χ2n) is 6.36. The number of ketones is 1. The number of esters is 1. The van der Waals surface area contributed by atoms with E-state index in [4.69, 9.17) is 9.47 Å². The average Bonchev–Trinajstić information content (AvgIpc) is 2.71. The fraction of sp³-hybridized carbons (Fsp3) is 0.238. The molecule has 0 heterocycles. The minimum atomic E-state index is -0.722. The molecule has 0 atom stereocenters. The van der Waals surface area contributed by atoms with Crippen molar-refractivity contribution in [3.8, 4) is 5.75 Å². The molecule has 8 nitrogen and oxygen atoms in total. The van der Waals surface area contributed by atoms with Crippen molar-refractivity contribution in [3.63, 3.8) is 0 Å². The predicted molar refractivity (Wildman–Crippen MR) is 106 cm³/mol. The van der Waals surface area contributed by atoms with E-state index in [-0.39, 0.29) is 11.7 Å². The predicted octanol–water partition coefficient (Wildman–Crippen LogP) is 2.15. The lowest BCUT2D eigenvalue weighted by atomic mass is 10.1. The number of carbonyl (C=O) groups excluding carboxylic acids is 4. The smallest absolute Gasteiger partial charge is 0.344 e. The highest BCUT2D eigenvalue weighted by molar-refractivity contribution is 5.96. The van der Waals surface area contributed by atoms with Crippen molar-refractivity contribution in [2.45, 2.75) is 6.92 Å². The number of hydrogen-bond donors (Lipinski definition) is 1. The van der Waals surface area contributed by atoms with E-state index in [9.17, 15) is 19.2 Å². The Kier molecular flexibility index (Phi) is 7.47. The molecule has 0 aliphatic rings. The largest absolute Gasteiger partial charge is 0.482 e. The van der Waals surface area contributed by atoms with Crippen LogP contribution in [0.4, 0.5) is 5.69 Å². The maximum atomic E-state index is 11.9. The molecule has 2 amide bonds. The van der Waals surface area contributed by atoms with Crippen LogP contribution in [0.2, 0.25) is 0 Å². The van der Waals surface area contributed by atoms with Gasteiger partial charge in [-0.3, -0.25) is 14.4 Å². The van der Waals surface area contributed by atoms with Crippen molar-refractivity contribution in [2.24, 2.45) is 0 Å². The zero-order chi connectivity index (χ0) is 21.4. The molecule has 0 aromatic heterocycles. The van der Waals surface area contributed by atoms with E-state index < -0.39 is 25.1 Å². The van der Waals surface area contributed by atoms with Crippen LogP contribution in [0, 0.1) is 0 Å². The van der Waals surface area contributed by atoms with Gasteiger partial charge in [-0.15, -0.1) is 0 Å². The van der Waals surface area contributed by atoms with Gasteiger partial charge in [0, 0.05) is 30.9 Å². The molecule has 0 saturated heterocycles. The third kappa shape index (κ3) is 6.76. The molecule has 0 saturated carbocycles. The molecule has 8 heteroatoms. The summed E-state index contributed by atoms with van der Waals surface area (Å²) in [5.41, 5.74) is 1.43. The number of nitrogens with zero attached hydrogens (tertiary/aromatic N) is 1. The van der Waals surface area contributed by atoms with Crippen molar-refractivity contribution in [1.29, 1.82) is 0 Å². The lowest BCUT2D eigenvalue weighted by Crippen LogP contribution is -2.24. The summed E-state index contributed by atoms with van der Waals surface area (Å²) in [4.78, 5) is 48.2. The second-order valence-corrected chi connectivity index (χ2v) is 6.36. The molecule has 29 heavy (non-hydrogen) atoms. The van der Waals surface area contributed by atoms with Crippen LogP contribution in [0.1, 0.15) is 27.6 Å². The molecule has 152 valence electrons. The highest BCUT2D eigenvalue weighted by atomic mass is 16.6. The molecule has 0 aliphatic carbocycles. The first kappa shape index (κ1) is 21.6. The van der Waals surface area contributed by atoms with Gasteiger partial charge in [0.1, 0.15) is 5.75 Å². The summed E-state index contributed by atoms with van der Waals surface area (Å²) in [5, 5.41) is 2.57. The molecule has 2 rings (SSSR count). The van der Waals surface area contributed by atoms with E-state index in [0.29, 0.717) is 22.6 Å². The molecule has 0 unspecified atom stereocenters. The number of nitrogens with one attached hydrogen (secondary N) is 1. The monoisotopic (exact) mass is 398 g/mol. The normalized spacial score (nSPS) is 10.0. The van der Waals surface area contributed by atoms with E-state index in [0.717, 1.165) is 0 Å². The Morgan fingerprint density at radius 1 is 0.931 bits per heavy atom. The Hall–Kier alpha value is -3.68. The number of Topliss-reactive ketones (excluding diaryl/α,β-unsaturated/α-hetero) is 1. The average molecular weight is 398 g/mol. The molecule has 2 aromatic rings. The number of anilines is 1. The van der Waals surface area contributed by atoms with Crippen LogP contribution in [0.5, 0.6) is 5.75 Å². The summed E-state index contributed by atoms with van der Waals surface area (Å²) in [6, 6.07) is 12.8. The molecule has 1 N–H and O–H groups in total. The summed E-state index contributed by atoms with van der Waals surface area (Å²) >= 11 is 0. The molecular formula is C21H22N2O6. The molecule has 0 radical (unpaired) electrons.